The summed E-state index contributed by atoms with van der Waals surface area (Å²) in [5.74, 6) is 2.17. The SMILES string of the molecule is CC1CCN(c2ccc(Cn3cc(C(=O)O)cn3)cn2)C1.COC(=O)c1cnn(Cc2ccc(N3CCC(C)C3)nc2)c1. The highest BCUT2D eigenvalue weighted by Gasteiger charge is 2.20. The second-order valence-electron chi connectivity index (χ2n) is 11.4. The van der Waals surface area contributed by atoms with E-state index in [-0.39, 0.29) is 11.5 Å². The summed E-state index contributed by atoms with van der Waals surface area (Å²) in [5.41, 5.74) is 2.71. The number of methoxy groups -OCH3 is 1. The molecule has 4 aromatic heterocycles. The molecule has 12 heteroatoms. The van der Waals surface area contributed by atoms with Crippen molar-refractivity contribution in [3.8, 4) is 0 Å². The number of aromatic carboxylic acids is 1. The summed E-state index contributed by atoms with van der Waals surface area (Å²) in [7, 11) is 1.36. The highest BCUT2D eigenvalue weighted by atomic mass is 16.5. The standard InChI is InChI=1S/C16H20N4O2.C15H18N4O2/c1-12-5-6-19(9-12)15-4-3-13(7-17-15)10-20-11-14(8-18-20)16(21)22-2;1-11-4-5-18(8-11)14-3-2-12(6-16-14)9-19-10-13(7-17-19)15(20)21/h3-4,7-8,11-12H,5-6,9-10H2,1-2H3;2-3,6-7,10-11H,4-5,8-9H2,1H3,(H,20,21). The van der Waals surface area contributed by atoms with Gasteiger partial charge in [0.15, 0.2) is 0 Å². The fourth-order valence-electron chi connectivity index (χ4n) is 5.29. The van der Waals surface area contributed by atoms with Crippen LogP contribution in [-0.4, -0.2) is 79.9 Å². The van der Waals surface area contributed by atoms with Crippen molar-refractivity contribution in [1.29, 1.82) is 0 Å². The predicted molar refractivity (Wildman–Crippen MR) is 161 cm³/mol. The van der Waals surface area contributed by atoms with Gasteiger partial charge in [0.2, 0.25) is 0 Å². The van der Waals surface area contributed by atoms with Gasteiger partial charge in [0, 0.05) is 51.0 Å². The molecule has 12 nitrogen and oxygen atoms in total. The number of aromatic nitrogens is 6. The molecular weight excluding hydrogens is 548 g/mol. The molecule has 2 atom stereocenters. The van der Waals surface area contributed by atoms with Gasteiger partial charge in [0.25, 0.3) is 0 Å². The molecule has 6 rings (SSSR count). The molecule has 2 aliphatic heterocycles. The summed E-state index contributed by atoms with van der Waals surface area (Å²) in [5, 5.41) is 17.1. The van der Waals surface area contributed by atoms with Gasteiger partial charge in [-0.1, -0.05) is 26.0 Å². The van der Waals surface area contributed by atoms with Gasteiger partial charge in [-0.3, -0.25) is 9.36 Å². The minimum absolute atomic E-state index is 0.200. The zero-order valence-electron chi connectivity index (χ0n) is 24.8. The summed E-state index contributed by atoms with van der Waals surface area (Å²) in [6, 6.07) is 8.16. The minimum Gasteiger partial charge on any atom is -0.478 e. The number of ether oxygens (including phenoxy) is 1. The Kier molecular flexibility index (Phi) is 9.33. The van der Waals surface area contributed by atoms with Gasteiger partial charge in [0.05, 0.1) is 43.7 Å². The molecule has 4 aromatic rings. The van der Waals surface area contributed by atoms with Gasteiger partial charge in [0.1, 0.15) is 11.6 Å². The second-order valence-corrected chi connectivity index (χ2v) is 11.4. The number of esters is 1. The Hall–Kier alpha value is -4.74. The zero-order chi connectivity index (χ0) is 30.3. The van der Waals surface area contributed by atoms with Crippen LogP contribution in [0.1, 0.15) is 58.5 Å². The van der Waals surface area contributed by atoms with Crippen LogP contribution in [0, 0.1) is 11.8 Å². The van der Waals surface area contributed by atoms with E-state index < -0.39 is 5.97 Å². The first kappa shape index (κ1) is 29.7. The number of pyridine rings is 2. The number of hydrogen-bond donors (Lipinski definition) is 1. The monoisotopic (exact) mass is 586 g/mol. The van der Waals surface area contributed by atoms with Crippen molar-refractivity contribution in [3.05, 3.63) is 83.7 Å². The van der Waals surface area contributed by atoms with E-state index in [4.69, 9.17) is 5.11 Å². The molecule has 226 valence electrons. The van der Waals surface area contributed by atoms with Gasteiger partial charge < -0.3 is 19.6 Å². The van der Waals surface area contributed by atoms with E-state index in [1.165, 1.54) is 38.5 Å². The van der Waals surface area contributed by atoms with Crippen LogP contribution in [0.15, 0.2) is 61.4 Å². The molecule has 0 spiro atoms. The number of anilines is 2. The van der Waals surface area contributed by atoms with Crippen LogP contribution in [0.5, 0.6) is 0 Å². The van der Waals surface area contributed by atoms with Crippen LogP contribution in [0.4, 0.5) is 11.6 Å². The lowest BCUT2D eigenvalue weighted by molar-refractivity contribution is 0.0599. The Morgan fingerprint density at radius 3 is 1.65 bits per heavy atom. The van der Waals surface area contributed by atoms with Crippen LogP contribution in [-0.2, 0) is 17.8 Å². The lowest BCUT2D eigenvalue weighted by Crippen LogP contribution is -2.20. The van der Waals surface area contributed by atoms with E-state index in [0.717, 1.165) is 60.8 Å². The first-order valence-corrected chi connectivity index (χ1v) is 14.5. The first-order chi connectivity index (χ1) is 20.8. The van der Waals surface area contributed by atoms with Crippen LogP contribution in [0.3, 0.4) is 0 Å². The fourth-order valence-corrected chi connectivity index (χ4v) is 5.29. The fraction of sp³-hybridized carbons (Fsp3) is 0.419. The molecule has 0 aromatic carbocycles. The molecule has 0 bridgehead atoms. The molecule has 2 fully saturated rings. The third-order valence-corrected chi connectivity index (χ3v) is 7.74. The van der Waals surface area contributed by atoms with Crippen LogP contribution in [0.2, 0.25) is 0 Å². The Morgan fingerprint density at radius 2 is 1.28 bits per heavy atom. The molecule has 2 unspecified atom stereocenters. The highest BCUT2D eigenvalue weighted by Crippen LogP contribution is 2.23. The Bertz CT molecular complexity index is 1520. The average Bonchev–Trinajstić information content (AvgIpc) is 3.83. The van der Waals surface area contributed by atoms with Crippen LogP contribution < -0.4 is 9.80 Å². The zero-order valence-corrected chi connectivity index (χ0v) is 24.8. The van der Waals surface area contributed by atoms with Crippen LogP contribution in [0.25, 0.3) is 0 Å². The normalized spacial score (nSPS) is 17.9. The Morgan fingerprint density at radius 1 is 0.791 bits per heavy atom. The largest absolute Gasteiger partial charge is 0.478 e. The van der Waals surface area contributed by atoms with E-state index in [2.05, 4.69) is 60.7 Å². The van der Waals surface area contributed by atoms with Gasteiger partial charge in [-0.25, -0.2) is 19.6 Å². The second kappa shape index (κ2) is 13.5. The van der Waals surface area contributed by atoms with Crippen molar-refractivity contribution in [2.24, 2.45) is 11.8 Å². The van der Waals surface area contributed by atoms with E-state index in [0.29, 0.717) is 18.7 Å². The van der Waals surface area contributed by atoms with E-state index in [9.17, 15) is 9.59 Å². The maximum absolute atomic E-state index is 11.4. The topological polar surface area (TPSA) is 132 Å². The van der Waals surface area contributed by atoms with Gasteiger partial charge in [-0.2, -0.15) is 10.2 Å². The number of carbonyl (C=O) groups excluding carboxylic acids is 1. The lowest BCUT2D eigenvalue weighted by Gasteiger charge is -2.17. The van der Waals surface area contributed by atoms with Gasteiger partial charge >= 0.3 is 11.9 Å². The predicted octanol–water partition coefficient (Wildman–Crippen LogP) is 3.83. The summed E-state index contributed by atoms with van der Waals surface area (Å²) >= 11 is 0. The van der Waals surface area contributed by atoms with Crippen molar-refractivity contribution in [2.45, 2.75) is 39.8 Å². The van der Waals surface area contributed by atoms with Crippen molar-refractivity contribution in [1.82, 2.24) is 29.5 Å². The molecular formula is C31H38N8O4. The molecule has 2 aliphatic rings. The molecule has 1 N–H and O–H groups in total. The third kappa shape index (κ3) is 7.76. The number of nitrogens with zero attached hydrogens (tertiary/aromatic N) is 8. The van der Waals surface area contributed by atoms with Crippen molar-refractivity contribution in [3.63, 3.8) is 0 Å². The summed E-state index contributed by atoms with van der Waals surface area (Å²) in [6.07, 6.45) is 12.2. The number of carboxylic acid groups (broad SMARTS) is 1. The molecule has 0 saturated carbocycles. The number of carboxylic acids is 1. The van der Waals surface area contributed by atoms with Gasteiger partial charge in [-0.15, -0.1) is 0 Å². The van der Waals surface area contributed by atoms with Crippen LogP contribution >= 0.6 is 0 Å². The molecule has 0 radical (unpaired) electrons. The molecule has 6 heterocycles. The quantitative estimate of drug-likeness (QED) is 0.304. The van der Waals surface area contributed by atoms with E-state index in [1.807, 2.05) is 24.5 Å². The van der Waals surface area contributed by atoms with E-state index in [1.54, 1.807) is 15.6 Å². The Balaban J connectivity index is 0.000000171. The molecule has 0 aliphatic carbocycles. The maximum Gasteiger partial charge on any atom is 0.341 e. The van der Waals surface area contributed by atoms with Gasteiger partial charge in [-0.05, 0) is 47.9 Å². The lowest BCUT2D eigenvalue weighted by atomic mass is 10.2. The summed E-state index contributed by atoms with van der Waals surface area (Å²) in [4.78, 5) is 35.9. The number of carbonyl (C=O) groups is 2. The smallest absolute Gasteiger partial charge is 0.341 e. The molecule has 43 heavy (non-hydrogen) atoms. The highest BCUT2D eigenvalue weighted by molar-refractivity contribution is 5.88. The average molecular weight is 587 g/mol. The molecule has 2 saturated heterocycles. The van der Waals surface area contributed by atoms with Crippen molar-refractivity contribution < 1.29 is 19.4 Å². The maximum atomic E-state index is 11.4. The Labute approximate surface area is 250 Å². The first-order valence-electron chi connectivity index (χ1n) is 14.5. The van der Waals surface area contributed by atoms with E-state index >= 15 is 0 Å². The van der Waals surface area contributed by atoms with Crippen molar-refractivity contribution >= 4 is 23.6 Å². The summed E-state index contributed by atoms with van der Waals surface area (Å²) < 4.78 is 7.99. The molecule has 0 amide bonds. The number of rotatable bonds is 8. The summed E-state index contributed by atoms with van der Waals surface area (Å²) in [6.45, 7) is 9.92. The van der Waals surface area contributed by atoms with Crippen molar-refractivity contribution in [2.75, 3.05) is 43.1 Å². The number of hydrogen-bond acceptors (Lipinski definition) is 9. The third-order valence-electron chi connectivity index (χ3n) is 7.74. The minimum atomic E-state index is -0.960.